The highest BCUT2D eigenvalue weighted by Gasteiger charge is 2.22. The van der Waals surface area contributed by atoms with Crippen LogP contribution in [0.15, 0.2) is 0 Å². The summed E-state index contributed by atoms with van der Waals surface area (Å²) in [6.45, 7) is 6.73. The molecule has 0 aromatic rings. The van der Waals surface area contributed by atoms with E-state index in [9.17, 15) is 14.4 Å². The van der Waals surface area contributed by atoms with Crippen molar-refractivity contribution >= 4 is 18.0 Å². The fourth-order valence-corrected chi connectivity index (χ4v) is 1.45. The number of carboxylic acids is 2. The first-order valence-corrected chi connectivity index (χ1v) is 6.12. The Kier molecular flexibility index (Phi) is 8.27. The molecule has 0 aliphatic rings. The molecule has 0 aromatic heterocycles. The van der Waals surface area contributed by atoms with E-state index in [2.05, 4.69) is 15.5 Å². The molecule has 1 atom stereocenters. The summed E-state index contributed by atoms with van der Waals surface area (Å²) >= 11 is 0. The van der Waals surface area contributed by atoms with Crippen molar-refractivity contribution in [3.63, 3.8) is 0 Å². The number of carbonyl (C=O) groups is 3. The second kappa shape index (κ2) is 9.15. The summed E-state index contributed by atoms with van der Waals surface area (Å²) in [5, 5.41) is 21.9. The molecule has 0 rings (SSSR count). The summed E-state index contributed by atoms with van der Waals surface area (Å²) in [7, 11) is 0. The lowest BCUT2D eigenvalue weighted by Crippen LogP contribution is -2.48. The van der Waals surface area contributed by atoms with Gasteiger partial charge < -0.3 is 25.7 Å². The molecule has 110 valence electrons. The molecule has 0 bridgehead atoms. The number of nitrogens with one attached hydrogen (secondary N) is 2. The summed E-state index contributed by atoms with van der Waals surface area (Å²) < 4.78 is 0. The van der Waals surface area contributed by atoms with Crippen LogP contribution in [0.1, 0.15) is 20.3 Å². The van der Waals surface area contributed by atoms with Crippen molar-refractivity contribution < 1.29 is 24.6 Å². The minimum atomic E-state index is -1.43. The van der Waals surface area contributed by atoms with Gasteiger partial charge in [-0.15, -0.1) is 0 Å². The van der Waals surface area contributed by atoms with E-state index in [4.69, 9.17) is 10.2 Å². The van der Waals surface area contributed by atoms with Crippen LogP contribution in [-0.4, -0.2) is 65.3 Å². The van der Waals surface area contributed by atoms with E-state index in [0.717, 1.165) is 13.1 Å². The minimum Gasteiger partial charge on any atom is -0.481 e. The molecule has 0 aromatic carbocycles. The van der Waals surface area contributed by atoms with Crippen molar-refractivity contribution in [3.05, 3.63) is 0 Å². The van der Waals surface area contributed by atoms with Gasteiger partial charge in [-0.25, -0.2) is 9.59 Å². The first kappa shape index (κ1) is 17.2. The average Bonchev–Trinajstić information content (AvgIpc) is 2.33. The summed E-state index contributed by atoms with van der Waals surface area (Å²) in [6.07, 6.45) is -0.654. The first-order valence-electron chi connectivity index (χ1n) is 6.12. The van der Waals surface area contributed by atoms with Gasteiger partial charge in [0.2, 0.25) is 0 Å². The van der Waals surface area contributed by atoms with Gasteiger partial charge >= 0.3 is 18.0 Å². The van der Waals surface area contributed by atoms with E-state index >= 15 is 0 Å². The Morgan fingerprint density at radius 1 is 1.16 bits per heavy atom. The van der Waals surface area contributed by atoms with E-state index in [-0.39, 0.29) is 0 Å². The van der Waals surface area contributed by atoms with E-state index in [0.29, 0.717) is 13.1 Å². The van der Waals surface area contributed by atoms with E-state index in [1.165, 1.54) is 0 Å². The lowest BCUT2D eigenvalue weighted by Gasteiger charge is -2.18. The van der Waals surface area contributed by atoms with Crippen LogP contribution in [0.4, 0.5) is 4.79 Å². The number of aliphatic carboxylic acids is 2. The second-order valence-electron chi connectivity index (χ2n) is 3.92. The van der Waals surface area contributed by atoms with Crippen LogP contribution in [0.2, 0.25) is 0 Å². The quantitative estimate of drug-likeness (QED) is 0.453. The molecule has 0 radical (unpaired) electrons. The van der Waals surface area contributed by atoms with Crippen LogP contribution in [0.3, 0.4) is 0 Å². The SMILES string of the molecule is CCN(CC)CCNC(=O)N[C@H](CC(=O)O)C(=O)O. The molecule has 0 saturated carbocycles. The number of carbonyl (C=O) groups excluding carboxylic acids is 1. The molecule has 0 heterocycles. The van der Waals surface area contributed by atoms with Crippen molar-refractivity contribution in [3.8, 4) is 0 Å². The molecule has 0 fully saturated rings. The van der Waals surface area contributed by atoms with Gasteiger partial charge in [-0.05, 0) is 13.1 Å². The largest absolute Gasteiger partial charge is 0.481 e. The van der Waals surface area contributed by atoms with Crippen LogP contribution in [0, 0.1) is 0 Å². The zero-order valence-electron chi connectivity index (χ0n) is 11.2. The number of hydrogen-bond acceptors (Lipinski definition) is 4. The number of nitrogens with zero attached hydrogens (tertiary/aromatic N) is 1. The molecular weight excluding hydrogens is 254 g/mol. The molecule has 0 aliphatic heterocycles. The van der Waals surface area contributed by atoms with Crippen LogP contribution >= 0.6 is 0 Å². The molecule has 0 unspecified atom stereocenters. The lowest BCUT2D eigenvalue weighted by atomic mass is 10.2. The molecule has 0 saturated heterocycles. The molecule has 0 spiro atoms. The maximum Gasteiger partial charge on any atom is 0.326 e. The zero-order chi connectivity index (χ0) is 14.8. The number of rotatable bonds is 9. The van der Waals surface area contributed by atoms with Crippen molar-refractivity contribution in [2.24, 2.45) is 0 Å². The Hall–Kier alpha value is -1.83. The van der Waals surface area contributed by atoms with Gasteiger partial charge in [0.15, 0.2) is 0 Å². The molecule has 2 amide bonds. The maximum atomic E-state index is 11.4. The predicted molar refractivity (Wildman–Crippen MR) is 68.0 cm³/mol. The maximum absolute atomic E-state index is 11.4. The molecule has 19 heavy (non-hydrogen) atoms. The molecule has 0 aliphatic carbocycles. The van der Waals surface area contributed by atoms with Gasteiger partial charge in [0.05, 0.1) is 6.42 Å². The highest BCUT2D eigenvalue weighted by Crippen LogP contribution is 1.92. The smallest absolute Gasteiger partial charge is 0.326 e. The molecule has 8 nitrogen and oxygen atoms in total. The summed E-state index contributed by atoms with van der Waals surface area (Å²) in [5.74, 6) is -2.66. The molecular formula is C11H21N3O5. The number of urea groups is 1. The van der Waals surface area contributed by atoms with Crippen LogP contribution in [0.25, 0.3) is 0 Å². The van der Waals surface area contributed by atoms with Crippen molar-refractivity contribution in [1.82, 2.24) is 15.5 Å². The van der Waals surface area contributed by atoms with Crippen LogP contribution in [0.5, 0.6) is 0 Å². The van der Waals surface area contributed by atoms with E-state index < -0.39 is 30.4 Å². The Morgan fingerprint density at radius 3 is 2.16 bits per heavy atom. The molecule has 4 N–H and O–H groups in total. The molecule has 8 heteroatoms. The number of hydrogen-bond donors (Lipinski definition) is 4. The summed E-state index contributed by atoms with van der Waals surface area (Å²) in [5.41, 5.74) is 0. The first-order chi connectivity index (χ1) is 8.90. The Balaban J connectivity index is 4.06. The standard InChI is InChI=1S/C11H21N3O5/c1-3-14(4-2)6-5-12-11(19)13-8(10(17)18)7-9(15)16/h8H,3-7H2,1-2H3,(H,15,16)(H,17,18)(H2,12,13,19)/t8-/m1/s1. The highest BCUT2D eigenvalue weighted by atomic mass is 16.4. The Labute approximate surface area is 111 Å². The predicted octanol–water partition coefficient (Wildman–Crippen LogP) is -0.445. The fourth-order valence-electron chi connectivity index (χ4n) is 1.45. The summed E-state index contributed by atoms with van der Waals surface area (Å²) in [4.78, 5) is 34.7. The van der Waals surface area contributed by atoms with Crippen LogP contribution in [-0.2, 0) is 9.59 Å². The van der Waals surface area contributed by atoms with Gasteiger partial charge in [0.1, 0.15) is 6.04 Å². The Bertz CT molecular complexity index is 317. The van der Waals surface area contributed by atoms with Crippen molar-refractivity contribution in [1.29, 1.82) is 0 Å². The number of carboxylic acid groups (broad SMARTS) is 2. The third kappa shape index (κ3) is 7.98. The topological polar surface area (TPSA) is 119 Å². The zero-order valence-corrected chi connectivity index (χ0v) is 11.2. The van der Waals surface area contributed by atoms with Crippen molar-refractivity contribution in [2.75, 3.05) is 26.2 Å². The van der Waals surface area contributed by atoms with E-state index in [1.807, 2.05) is 13.8 Å². The highest BCUT2D eigenvalue weighted by molar-refractivity contribution is 5.86. The van der Waals surface area contributed by atoms with Crippen molar-refractivity contribution in [2.45, 2.75) is 26.3 Å². The second-order valence-corrected chi connectivity index (χ2v) is 3.92. The van der Waals surface area contributed by atoms with E-state index in [1.54, 1.807) is 0 Å². The normalized spacial score (nSPS) is 11.9. The third-order valence-corrected chi connectivity index (χ3v) is 2.59. The fraction of sp³-hybridized carbons (Fsp3) is 0.727. The van der Waals surface area contributed by atoms with Gasteiger partial charge in [-0.3, -0.25) is 4.79 Å². The Morgan fingerprint density at radius 2 is 1.74 bits per heavy atom. The minimum absolute atomic E-state index is 0.368. The van der Waals surface area contributed by atoms with Gasteiger partial charge in [-0.1, -0.05) is 13.8 Å². The van der Waals surface area contributed by atoms with Gasteiger partial charge in [0, 0.05) is 13.1 Å². The van der Waals surface area contributed by atoms with Crippen LogP contribution < -0.4 is 10.6 Å². The lowest BCUT2D eigenvalue weighted by molar-refractivity contribution is -0.145. The van der Waals surface area contributed by atoms with Gasteiger partial charge in [-0.2, -0.15) is 0 Å². The number of amides is 2. The average molecular weight is 275 g/mol. The monoisotopic (exact) mass is 275 g/mol. The third-order valence-electron chi connectivity index (χ3n) is 2.59. The summed E-state index contributed by atoms with van der Waals surface area (Å²) in [6, 6.07) is -2.10. The number of likely N-dealkylation sites (N-methyl/N-ethyl adjacent to an activating group) is 1. The van der Waals surface area contributed by atoms with Gasteiger partial charge in [0.25, 0.3) is 0 Å².